The molecule has 0 saturated carbocycles. The van der Waals surface area contributed by atoms with Gasteiger partial charge < -0.3 is 0 Å². The van der Waals surface area contributed by atoms with Crippen LogP contribution in [-0.2, 0) is 6.42 Å². The molecule has 0 nitrogen and oxygen atoms in total. The first-order valence-electron chi connectivity index (χ1n) is 6.40. The lowest BCUT2D eigenvalue weighted by atomic mass is 9.88. The Kier molecular flexibility index (Phi) is 3.91. The molecule has 0 fully saturated rings. The van der Waals surface area contributed by atoms with Crippen molar-refractivity contribution in [3.63, 3.8) is 0 Å². The molecule has 0 N–H and O–H groups in total. The first kappa shape index (κ1) is 12.0. The zero-order valence-electron chi connectivity index (χ0n) is 10.2. The molecule has 0 aromatic heterocycles. The van der Waals surface area contributed by atoms with Crippen LogP contribution in [0.4, 0.5) is 0 Å². The first-order chi connectivity index (χ1) is 7.68. The topological polar surface area (TPSA) is 0 Å². The summed E-state index contributed by atoms with van der Waals surface area (Å²) in [5, 5.41) is 0.223. The highest BCUT2D eigenvalue weighted by Gasteiger charge is 2.26. The summed E-state index contributed by atoms with van der Waals surface area (Å²) < 4.78 is 0. The van der Waals surface area contributed by atoms with E-state index in [0.29, 0.717) is 5.92 Å². The van der Waals surface area contributed by atoms with E-state index in [-0.39, 0.29) is 5.38 Å². The van der Waals surface area contributed by atoms with E-state index in [9.17, 15) is 0 Å². The molecule has 1 aromatic carbocycles. The Bertz CT molecular complexity index is 343. The lowest BCUT2D eigenvalue weighted by molar-refractivity contribution is 0.375. The fraction of sp³-hybridized carbons (Fsp3) is 0.600. The number of hydrogen-bond acceptors (Lipinski definition) is 0. The van der Waals surface area contributed by atoms with Gasteiger partial charge >= 0.3 is 0 Å². The molecule has 2 rings (SSSR count). The van der Waals surface area contributed by atoms with E-state index in [1.165, 1.54) is 36.8 Å². The number of alkyl halides is 1. The van der Waals surface area contributed by atoms with Gasteiger partial charge in [0.1, 0.15) is 0 Å². The van der Waals surface area contributed by atoms with Crippen molar-refractivity contribution in [2.24, 2.45) is 11.8 Å². The molecule has 0 saturated heterocycles. The van der Waals surface area contributed by atoms with Crippen LogP contribution in [0.5, 0.6) is 0 Å². The molecule has 88 valence electrons. The van der Waals surface area contributed by atoms with E-state index in [0.717, 1.165) is 5.92 Å². The molecule has 1 aliphatic carbocycles. The molecule has 2 unspecified atom stereocenters. The second-order valence-corrected chi connectivity index (χ2v) is 5.85. The van der Waals surface area contributed by atoms with Crippen LogP contribution in [-0.4, -0.2) is 0 Å². The van der Waals surface area contributed by atoms with Crippen LogP contribution >= 0.6 is 11.6 Å². The number of hydrogen-bond donors (Lipinski definition) is 0. The summed E-state index contributed by atoms with van der Waals surface area (Å²) in [6.45, 7) is 4.58. The molecular formula is C15H21Cl. The van der Waals surface area contributed by atoms with Gasteiger partial charge in [-0.1, -0.05) is 38.1 Å². The maximum Gasteiger partial charge on any atom is 0.0616 e. The highest BCUT2D eigenvalue weighted by Crippen LogP contribution is 2.40. The third-order valence-electron chi connectivity index (χ3n) is 3.56. The second kappa shape index (κ2) is 5.23. The number of benzene rings is 1. The Morgan fingerprint density at radius 3 is 2.81 bits per heavy atom. The predicted octanol–water partition coefficient (Wildman–Crippen LogP) is 4.97. The van der Waals surface area contributed by atoms with Gasteiger partial charge in [-0.3, -0.25) is 0 Å². The number of fused-ring (bicyclic) bond motifs is 1. The molecule has 0 spiro atoms. The summed E-state index contributed by atoms with van der Waals surface area (Å²) in [5.74, 6) is 1.40. The molecule has 0 bridgehead atoms. The summed E-state index contributed by atoms with van der Waals surface area (Å²) in [7, 11) is 0. The van der Waals surface area contributed by atoms with Crippen molar-refractivity contribution in [1.29, 1.82) is 0 Å². The number of halogens is 1. The third-order valence-corrected chi connectivity index (χ3v) is 4.15. The quantitative estimate of drug-likeness (QED) is 0.503. The van der Waals surface area contributed by atoms with Gasteiger partial charge in [-0.05, 0) is 48.6 Å². The minimum atomic E-state index is 0.223. The lowest BCUT2D eigenvalue weighted by Gasteiger charge is -2.22. The Morgan fingerprint density at radius 1 is 1.31 bits per heavy atom. The van der Waals surface area contributed by atoms with Gasteiger partial charge in [0.2, 0.25) is 0 Å². The monoisotopic (exact) mass is 236 g/mol. The SMILES string of the molecule is CC(C)CC1CCCc2ccccc2C1Cl. The summed E-state index contributed by atoms with van der Waals surface area (Å²) in [4.78, 5) is 0. The van der Waals surface area contributed by atoms with Gasteiger partial charge in [-0.15, -0.1) is 11.6 Å². The molecule has 0 heterocycles. The second-order valence-electron chi connectivity index (χ2n) is 5.38. The van der Waals surface area contributed by atoms with Crippen LogP contribution in [0.15, 0.2) is 24.3 Å². The van der Waals surface area contributed by atoms with E-state index in [4.69, 9.17) is 11.6 Å². The zero-order valence-corrected chi connectivity index (χ0v) is 11.0. The van der Waals surface area contributed by atoms with Gasteiger partial charge in [-0.25, -0.2) is 0 Å². The van der Waals surface area contributed by atoms with Crippen LogP contribution < -0.4 is 0 Å². The molecule has 0 amide bonds. The van der Waals surface area contributed by atoms with Crippen molar-refractivity contribution >= 4 is 11.6 Å². The van der Waals surface area contributed by atoms with Crippen LogP contribution in [0, 0.1) is 11.8 Å². The van der Waals surface area contributed by atoms with E-state index in [1.807, 2.05) is 0 Å². The van der Waals surface area contributed by atoms with E-state index >= 15 is 0 Å². The summed E-state index contributed by atoms with van der Waals surface area (Å²) in [5.41, 5.74) is 2.85. The van der Waals surface area contributed by atoms with Crippen LogP contribution in [0.25, 0.3) is 0 Å². The molecule has 1 aliphatic rings. The average Bonchev–Trinajstić information content (AvgIpc) is 2.40. The molecule has 1 heteroatoms. The van der Waals surface area contributed by atoms with Gasteiger partial charge in [0.25, 0.3) is 0 Å². The normalized spacial score (nSPS) is 25.2. The fourth-order valence-electron chi connectivity index (χ4n) is 2.83. The standard InChI is InChI=1S/C15H21Cl/c1-11(2)10-13-8-5-7-12-6-3-4-9-14(12)15(13)16/h3-4,6,9,11,13,15H,5,7-8,10H2,1-2H3. The molecule has 0 aliphatic heterocycles. The largest absolute Gasteiger partial charge is 0.118 e. The lowest BCUT2D eigenvalue weighted by Crippen LogP contribution is -2.10. The molecule has 1 aromatic rings. The first-order valence-corrected chi connectivity index (χ1v) is 6.84. The van der Waals surface area contributed by atoms with E-state index in [1.54, 1.807) is 0 Å². The van der Waals surface area contributed by atoms with E-state index < -0.39 is 0 Å². The third kappa shape index (κ3) is 2.60. The zero-order chi connectivity index (χ0) is 11.5. The average molecular weight is 237 g/mol. The van der Waals surface area contributed by atoms with Crippen LogP contribution in [0.2, 0.25) is 0 Å². The number of rotatable bonds is 2. The fourth-order valence-corrected chi connectivity index (χ4v) is 3.27. The van der Waals surface area contributed by atoms with Crippen LogP contribution in [0.1, 0.15) is 49.6 Å². The maximum absolute atomic E-state index is 6.66. The number of aryl methyl sites for hydroxylation is 1. The summed E-state index contributed by atoms with van der Waals surface area (Å²) in [6.07, 6.45) is 5.02. The molecule has 2 atom stereocenters. The highest BCUT2D eigenvalue weighted by atomic mass is 35.5. The van der Waals surface area contributed by atoms with Gasteiger partial charge in [0.05, 0.1) is 5.38 Å². The van der Waals surface area contributed by atoms with Crippen LogP contribution in [0.3, 0.4) is 0 Å². The van der Waals surface area contributed by atoms with Crippen molar-refractivity contribution in [2.75, 3.05) is 0 Å². The van der Waals surface area contributed by atoms with Gasteiger partial charge in [0, 0.05) is 0 Å². The van der Waals surface area contributed by atoms with Crippen molar-refractivity contribution < 1.29 is 0 Å². The smallest absolute Gasteiger partial charge is 0.0616 e. The Balaban J connectivity index is 2.22. The molecule has 0 radical (unpaired) electrons. The van der Waals surface area contributed by atoms with Crippen molar-refractivity contribution in [2.45, 2.75) is 44.9 Å². The minimum Gasteiger partial charge on any atom is -0.118 e. The van der Waals surface area contributed by atoms with E-state index in [2.05, 4.69) is 38.1 Å². The Labute approximate surface area is 104 Å². The summed E-state index contributed by atoms with van der Waals surface area (Å²) >= 11 is 6.66. The molecule has 16 heavy (non-hydrogen) atoms. The van der Waals surface area contributed by atoms with Crippen molar-refractivity contribution in [3.8, 4) is 0 Å². The maximum atomic E-state index is 6.66. The summed E-state index contributed by atoms with van der Waals surface area (Å²) in [6, 6.07) is 8.70. The predicted molar refractivity (Wildman–Crippen MR) is 70.9 cm³/mol. The van der Waals surface area contributed by atoms with Crippen molar-refractivity contribution in [3.05, 3.63) is 35.4 Å². The molecular weight excluding hydrogens is 216 g/mol. The van der Waals surface area contributed by atoms with Gasteiger partial charge in [0.15, 0.2) is 0 Å². The highest BCUT2D eigenvalue weighted by molar-refractivity contribution is 6.21. The Morgan fingerprint density at radius 2 is 2.06 bits per heavy atom. The van der Waals surface area contributed by atoms with Gasteiger partial charge in [-0.2, -0.15) is 0 Å². The minimum absolute atomic E-state index is 0.223. The van der Waals surface area contributed by atoms with Crippen molar-refractivity contribution in [1.82, 2.24) is 0 Å². The Hall–Kier alpha value is -0.490.